The van der Waals surface area contributed by atoms with E-state index in [-0.39, 0.29) is 18.0 Å². The Labute approximate surface area is 97.8 Å². The van der Waals surface area contributed by atoms with Gasteiger partial charge in [0.25, 0.3) is 5.56 Å². The fraction of sp³-hybridized carbons (Fsp3) is 0.444. The molecule has 1 aliphatic rings. The van der Waals surface area contributed by atoms with Gasteiger partial charge in [0.2, 0.25) is 0 Å². The molecule has 0 saturated heterocycles. The number of nitrogens with zero attached hydrogens (tertiary/aromatic N) is 2. The normalized spacial score (nSPS) is 13.9. The lowest BCUT2D eigenvalue weighted by atomic mass is 10.4. The van der Waals surface area contributed by atoms with E-state index in [0.29, 0.717) is 12.1 Å². The number of aryl methyl sites for hydroxylation is 1. The van der Waals surface area contributed by atoms with Gasteiger partial charge in [0, 0.05) is 18.3 Å². The maximum absolute atomic E-state index is 11.4. The third-order valence-corrected chi connectivity index (χ3v) is 2.25. The van der Waals surface area contributed by atoms with Crippen LogP contribution in [0, 0.1) is 6.92 Å². The Kier molecular flexibility index (Phi) is 3.89. The summed E-state index contributed by atoms with van der Waals surface area (Å²) in [4.78, 5) is 28.9. The predicted octanol–water partition coefficient (Wildman–Crippen LogP) is -0.731. The summed E-state index contributed by atoms with van der Waals surface area (Å²) in [6, 6.07) is 0. The first-order chi connectivity index (χ1) is 7.16. The molecule has 2 heterocycles. The van der Waals surface area contributed by atoms with E-state index in [0.717, 1.165) is 18.9 Å². The van der Waals surface area contributed by atoms with Crippen LogP contribution in [-0.4, -0.2) is 28.5 Å². The number of aliphatic imine (C=N–C) groups is 1. The Bertz CT molecular complexity index is 517. The largest absolute Gasteiger partial charge is 0.370 e. The minimum Gasteiger partial charge on any atom is -0.370 e. The topological polar surface area (TPSA) is 79.2 Å². The second kappa shape index (κ2) is 4.98. The van der Waals surface area contributed by atoms with Gasteiger partial charge in [-0.2, -0.15) is 0 Å². The van der Waals surface area contributed by atoms with Crippen molar-refractivity contribution in [3.8, 4) is 0 Å². The highest BCUT2D eigenvalue weighted by Crippen LogP contribution is 1.90. The molecule has 0 amide bonds. The molecule has 0 spiro atoms. The Morgan fingerprint density at radius 1 is 1.50 bits per heavy atom. The smallest absolute Gasteiger partial charge is 0.328 e. The van der Waals surface area contributed by atoms with Gasteiger partial charge in [0.05, 0.1) is 13.1 Å². The minimum atomic E-state index is -0.401. The molecule has 1 aromatic rings. The third kappa shape index (κ3) is 2.52. The fourth-order valence-corrected chi connectivity index (χ4v) is 1.45. The lowest BCUT2D eigenvalue weighted by Gasteiger charge is -2.05. The molecule has 0 aromatic carbocycles. The van der Waals surface area contributed by atoms with Crippen molar-refractivity contribution >= 4 is 18.2 Å². The molecule has 2 rings (SSSR count). The summed E-state index contributed by atoms with van der Waals surface area (Å²) >= 11 is 0. The summed E-state index contributed by atoms with van der Waals surface area (Å²) in [7, 11) is 0. The molecule has 0 aliphatic carbocycles. The Balaban J connectivity index is 0.00000128. The average Bonchev–Trinajstić information content (AvgIpc) is 2.67. The number of nitrogens with one attached hydrogen (secondary N) is 2. The first-order valence-corrected chi connectivity index (χ1v) is 4.74. The zero-order valence-corrected chi connectivity index (χ0v) is 9.63. The maximum Gasteiger partial charge on any atom is 0.328 e. The van der Waals surface area contributed by atoms with E-state index in [1.54, 1.807) is 13.1 Å². The van der Waals surface area contributed by atoms with Gasteiger partial charge in [0.1, 0.15) is 5.84 Å². The first-order valence-electron chi connectivity index (χ1n) is 4.74. The lowest BCUT2D eigenvalue weighted by Crippen LogP contribution is -2.35. The number of amidine groups is 1. The molecule has 0 bridgehead atoms. The van der Waals surface area contributed by atoms with Gasteiger partial charge in [-0.05, 0) is 6.92 Å². The van der Waals surface area contributed by atoms with Crippen molar-refractivity contribution in [2.24, 2.45) is 4.99 Å². The van der Waals surface area contributed by atoms with Crippen LogP contribution in [0.3, 0.4) is 0 Å². The van der Waals surface area contributed by atoms with E-state index in [9.17, 15) is 9.59 Å². The molecule has 16 heavy (non-hydrogen) atoms. The summed E-state index contributed by atoms with van der Waals surface area (Å²) < 4.78 is 1.44. The van der Waals surface area contributed by atoms with Gasteiger partial charge in [-0.3, -0.25) is 19.3 Å². The van der Waals surface area contributed by atoms with Crippen molar-refractivity contribution in [1.29, 1.82) is 0 Å². The second-order valence-electron chi connectivity index (χ2n) is 3.45. The quantitative estimate of drug-likeness (QED) is 0.720. The van der Waals surface area contributed by atoms with Crippen LogP contribution in [0.1, 0.15) is 5.56 Å². The van der Waals surface area contributed by atoms with Gasteiger partial charge in [-0.15, -0.1) is 12.4 Å². The third-order valence-electron chi connectivity index (χ3n) is 2.25. The van der Waals surface area contributed by atoms with Crippen molar-refractivity contribution in [3.05, 3.63) is 32.6 Å². The molecular formula is C9H13ClN4O2. The van der Waals surface area contributed by atoms with E-state index >= 15 is 0 Å². The Hall–Kier alpha value is -1.56. The van der Waals surface area contributed by atoms with Gasteiger partial charge in [-0.25, -0.2) is 4.79 Å². The van der Waals surface area contributed by atoms with Crippen molar-refractivity contribution in [1.82, 2.24) is 14.9 Å². The molecule has 6 nitrogen and oxygen atoms in total. The fourth-order valence-electron chi connectivity index (χ4n) is 1.45. The van der Waals surface area contributed by atoms with Crippen molar-refractivity contribution in [2.75, 3.05) is 13.1 Å². The molecule has 0 radical (unpaired) electrons. The number of rotatable bonds is 2. The highest BCUT2D eigenvalue weighted by molar-refractivity contribution is 5.85. The van der Waals surface area contributed by atoms with Crippen molar-refractivity contribution in [3.63, 3.8) is 0 Å². The molecule has 2 N–H and O–H groups in total. The van der Waals surface area contributed by atoms with Gasteiger partial charge < -0.3 is 5.32 Å². The number of hydrogen-bond acceptors (Lipinski definition) is 4. The molecule has 0 saturated carbocycles. The molecule has 1 aliphatic heterocycles. The number of hydrogen-bond donors (Lipinski definition) is 2. The summed E-state index contributed by atoms with van der Waals surface area (Å²) in [5.74, 6) is 0.781. The number of aromatic amines is 1. The van der Waals surface area contributed by atoms with Crippen molar-refractivity contribution in [2.45, 2.75) is 13.5 Å². The first kappa shape index (κ1) is 12.5. The van der Waals surface area contributed by atoms with Crippen LogP contribution >= 0.6 is 12.4 Å². The summed E-state index contributed by atoms with van der Waals surface area (Å²) in [6.45, 7) is 3.61. The second-order valence-corrected chi connectivity index (χ2v) is 3.45. The summed E-state index contributed by atoms with van der Waals surface area (Å²) in [6.07, 6.45) is 1.55. The number of H-pyrrole nitrogens is 1. The molecule has 7 heteroatoms. The Morgan fingerprint density at radius 3 is 2.88 bits per heavy atom. The summed E-state index contributed by atoms with van der Waals surface area (Å²) in [5.41, 5.74) is -0.215. The minimum absolute atomic E-state index is 0. The van der Waals surface area contributed by atoms with E-state index in [2.05, 4.69) is 15.3 Å². The number of aromatic nitrogens is 2. The van der Waals surface area contributed by atoms with Crippen LogP contribution in [0.4, 0.5) is 0 Å². The van der Waals surface area contributed by atoms with E-state index in [1.165, 1.54) is 4.57 Å². The highest BCUT2D eigenvalue weighted by atomic mass is 35.5. The van der Waals surface area contributed by atoms with E-state index in [1.807, 2.05) is 0 Å². The molecule has 0 atom stereocenters. The SMILES string of the molecule is Cc1cn(CC2=NCCN2)c(=O)[nH]c1=O.Cl. The van der Waals surface area contributed by atoms with Crippen LogP contribution in [0.2, 0.25) is 0 Å². The van der Waals surface area contributed by atoms with Crippen LogP contribution in [0.5, 0.6) is 0 Å². The average molecular weight is 245 g/mol. The molecule has 1 aromatic heterocycles. The lowest BCUT2D eigenvalue weighted by molar-refractivity contribution is 0.738. The van der Waals surface area contributed by atoms with Gasteiger partial charge in [0.15, 0.2) is 0 Å². The molecule has 0 fully saturated rings. The van der Waals surface area contributed by atoms with Crippen LogP contribution in [0.25, 0.3) is 0 Å². The van der Waals surface area contributed by atoms with Crippen molar-refractivity contribution < 1.29 is 0 Å². The van der Waals surface area contributed by atoms with Crippen LogP contribution in [-0.2, 0) is 6.54 Å². The molecule has 0 unspecified atom stereocenters. The molecular weight excluding hydrogens is 232 g/mol. The summed E-state index contributed by atoms with van der Waals surface area (Å²) in [5, 5.41) is 3.06. The van der Waals surface area contributed by atoms with Gasteiger partial charge in [-0.1, -0.05) is 0 Å². The van der Waals surface area contributed by atoms with Crippen LogP contribution in [0.15, 0.2) is 20.8 Å². The zero-order chi connectivity index (χ0) is 10.8. The Morgan fingerprint density at radius 2 is 2.25 bits per heavy atom. The zero-order valence-electron chi connectivity index (χ0n) is 8.82. The maximum atomic E-state index is 11.4. The monoisotopic (exact) mass is 244 g/mol. The van der Waals surface area contributed by atoms with E-state index in [4.69, 9.17) is 0 Å². The van der Waals surface area contributed by atoms with E-state index < -0.39 is 5.69 Å². The van der Waals surface area contributed by atoms with Gasteiger partial charge >= 0.3 is 5.69 Å². The predicted molar refractivity (Wildman–Crippen MR) is 63.6 cm³/mol. The standard InChI is InChI=1S/C9H12N4O2.ClH/c1-6-4-13(9(15)12-8(6)14)5-7-10-2-3-11-7;/h4H,2-3,5H2,1H3,(H,10,11)(H,12,14,15);1H. The van der Waals surface area contributed by atoms with Crippen LogP contribution < -0.4 is 16.6 Å². The number of halogens is 1. The molecule has 88 valence electrons. The highest BCUT2D eigenvalue weighted by Gasteiger charge is 2.07.